The first-order valence-corrected chi connectivity index (χ1v) is 15.2. The highest BCUT2D eigenvalue weighted by Crippen LogP contribution is 2.45. The zero-order chi connectivity index (χ0) is 27.6. The van der Waals surface area contributed by atoms with Crippen molar-refractivity contribution in [3.8, 4) is 10.4 Å². The smallest absolute Gasteiger partial charge is 0.308 e. The summed E-state index contributed by atoms with van der Waals surface area (Å²) in [5.74, 6) is -1.16. The van der Waals surface area contributed by atoms with E-state index in [0.717, 1.165) is 16.9 Å². The third kappa shape index (κ3) is 5.99. The highest BCUT2D eigenvalue weighted by molar-refractivity contribution is 7.92. The maximum atomic E-state index is 14.0. The Morgan fingerprint density at radius 3 is 2.42 bits per heavy atom. The van der Waals surface area contributed by atoms with Crippen molar-refractivity contribution in [2.45, 2.75) is 57.3 Å². The molecule has 1 atom stereocenters. The van der Waals surface area contributed by atoms with Crippen molar-refractivity contribution in [3.63, 3.8) is 0 Å². The van der Waals surface area contributed by atoms with Crippen LogP contribution in [0.5, 0.6) is 0 Å². The second-order valence-corrected chi connectivity index (χ2v) is 14.1. The molecule has 1 aliphatic heterocycles. The molecule has 7 nitrogen and oxygen atoms in total. The van der Waals surface area contributed by atoms with Crippen molar-refractivity contribution in [2.75, 3.05) is 18.8 Å². The van der Waals surface area contributed by atoms with Gasteiger partial charge in [-0.15, -0.1) is 11.3 Å². The molecule has 3 heterocycles. The van der Waals surface area contributed by atoms with Crippen LogP contribution in [0, 0.1) is 0 Å². The molecule has 1 fully saturated rings. The number of rotatable bonds is 6. The number of pyridine rings is 1. The molecule has 1 aliphatic rings. The second kappa shape index (κ2) is 11.0. The first-order chi connectivity index (χ1) is 17.9. The minimum Gasteiger partial charge on any atom is -0.460 e. The molecule has 2 aromatic heterocycles. The molecule has 38 heavy (non-hydrogen) atoms. The Hall–Kier alpha value is -3.04. The molecule has 3 aromatic rings. The van der Waals surface area contributed by atoms with E-state index < -0.39 is 26.2 Å². The quantitative estimate of drug-likeness (QED) is 0.386. The van der Waals surface area contributed by atoms with Crippen LogP contribution in [0.3, 0.4) is 0 Å². The fourth-order valence-electron chi connectivity index (χ4n) is 4.68. The Balaban J connectivity index is 1.73. The molecule has 1 amide bonds. The number of thiophene rings is 1. The Bertz CT molecular complexity index is 1390. The van der Waals surface area contributed by atoms with Crippen LogP contribution < -0.4 is 0 Å². The fourth-order valence-corrected chi connectivity index (χ4v) is 8.27. The van der Waals surface area contributed by atoms with Gasteiger partial charge in [0.15, 0.2) is 9.84 Å². The van der Waals surface area contributed by atoms with Crippen molar-refractivity contribution in [3.05, 3.63) is 76.9 Å². The molecule has 4 rings (SSSR count). The van der Waals surface area contributed by atoms with E-state index in [1.54, 1.807) is 39.0 Å². The van der Waals surface area contributed by atoms with Gasteiger partial charge < -0.3 is 9.64 Å². The topological polar surface area (TPSA) is 93.6 Å². The molecule has 0 spiro atoms. The summed E-state index contributed by atoms with van der Waals surface area (Å²) in [5.41, 5.74) is 1.72. The van der Waals surface area contributed by atoms with Crippen LogP contribution in [0.1, 0.15) is 61.5 Å². The predicted octanol–water partition coefficient (Wildman–Crippen LogP) is 5.26. The molecule has 0 saturated carbocycles. The van der Waals surface area contributed by atoms with Gasteiger partial charge in [0, 0.05) is 29.0 Å². The van der Waals surface area contributed by atoms with Crippen LogP contribution in [-0.4, -0.2) is 54.6 Å². The predicted molar refractivity (Wildman–Crippen MR) is 150 cm³/mol. The van der Waals surface area contributed by atoms with Crippen molar-refractivity contribution in [1.82, 2.24) is 9.88 Å². The van der Waals surface area contributed by atoms with Crippen molar-refractivity contribution < 1.29 is 22.7 Å². The number of hydrogen-bond donors (Lipinski definition) is 0. The number of benzene rings is 1. The normalized spacial score (nSPS) is 19.5. The lowest BCUT2D eigenvalue weighted by Gasteiger charge is -2.31. The average molecular weight is 555 g/mol. The van der Waals surface area contributed by atoms with Gasteiger partial charge in [-0.2, -0.15) is 0 Å². The molecular formula is C29H34N2O5S2. The molecule has 0 bridgehead atoms. The molecule has 0 unspecified atom stereocenters. The number of carbonyl (C=O) groups is 2. The second-order valence-electron chi connectivity index (χ2n) is 10.5. The van der Waals surface area contributed by atoms with Gasteiger partial charge in [-0.25, -0.2) is 8.42 Å². The van der Waals surface area contributed by atoms with Gasteiger partial charge >= 0.3 is 5.97 Å². The number of aromatic nitrogens is 1. The fraction of sp³-hybridized carbons (Fsp3) is 0.414. The summed E-state index contributed by atoms with van der Waals surface area (Å²) in [6.45, 7) is 7.58. The van der Waals surface area contributed by atoms with Gasteiger partial charge in [-0.3, -0.25) is 14.6 Å². The zero-order valence-corrected chi connectivity index (χ0v) is 23.9. The minimum absolute atomic E-state index is 0.0323. The number of aryl methyl sites for hydroxylation is 1. The number of nitrogens with zero attached hydrogens (tertiary/aromatic N) is 2. The molecule has 0 aliphatic carbocycles. The third-order valence-electron chi connectivity index (χ3n) is 6.73. The van der Waals surface area contributed by atoms with Crippen molar-refractivity contribution >= 4 is 33.1 Å². The molecule has 9 heteroatoms. The molecule has 202 valence electrons. The molecule has 1 aromatic carbocycles. The summed E-state index contributed by atoms with van der Waals surface area (Å²) in [6, 6.07) is 17.0. The number of hydrogen-bond acceptors (Lipinski definition) is 7. The number of esters is 1. The standard InChI is InChI=1S/C29H34N2O5S2/c1-5-21-9-11-22(12-10-21)24-13-14-25(37-24)29(20-26(32)36-28(2,3)4)15-17-31(18-19-38(29,34)35)27(33)23-8-6-7-16-30-23/h6-14,16H,5,15,17-20H2,1-4H3/t29-/m0/s1. The van der Waals surface area contributed by atoms with E-state index in [-0.39, 0.29) is 43.3 Å². The van der Waals surface area contributed by atoms with E-state index in [2.05, 4.69) is 24.0 Å². The van der Waals surface area contributed by atoms with Gasteiger partial charge in [0.1, 0.15) is 16.0 Å². The molecule has 0 radical (unpaired) electrons. The van der Waals surface area contributed by atoms with E-state index in [9.17, 15) is 18.0 Å². The summed E-state index contributed by atoms with van der Waals surface area (Å²) in [7, 11) is -3.86. The monoisotopic (exact) mass is 554 g/mol. The maximum absolute atomic E-state index is 14.0. The first kappa shape index (κ1) is 28.0. The lowest BCUT2D eigenvalue weighted by molar-refractivity contribution is -0.155. The van der Waals surface area contributed by atoms with Gasteiger partial charge in [0.25, 0.3) is 5.91 Å². The average Bonchev–Trinajstić information content (AvgIpc) is 3.33. The SMILES string of the molecule is CCc1ccc(-c2ccc([C@@]3(CC(=O)OC(C)(C)C)CCN(C(=O)c4ccccn4)CCS3(=O)=O)s2)cc1. The summed E-state index contributed by atoms with van der Waals surface area (Å²) in [5, 5.41) is 0. The highest BCUT2D eigenvalue weighted by atomic mass is 32.2. The van der Waals surface area contributed by atoms with Crippen LogP contribution in [0.2, 0.25) is 0 Å². The summed E-state index contributed by atoms with van der Waals surface area (Å²) >= 11 is 1.38. The molecular weight excluding hydrogens is 520 g/mol. The van der Waals surface area contributed by atoms with Crippen molar-refractivity contribution in [1.29, 1.82) is 0 Å². The first-order valence-electron chi connectivity index (χ1n) is 12.8. The maximum Gasteiger partial charge on any atom is 0.308 e. The summed E-state index contributed by atoms with van der Waals surface area (Å²) < 4.78 is 32.1. The number of ether oxygens (including phenoxy) is 1. The van der Waals surface area contributed by atoms with Gasteiger partial charge in [-0.1, -0.05) is 37.3 Å². The minimum atomic E-state index is -3.86. The third-order valence-corrected chi connectivity index (χ3v) is 10.7. The van der Waals surface area contributed by atoms with E-state index in [4.69, 9.17) is 4.74 Å². The number of sulfone groups is 1. The largest absolute Gasteiger partial charge is 0.460 e. The van der Waals surface area contributed by atoms with Gasteiger partial charge in [0.05, 0.1) is 12.2 Å². The number of amides is 1. The Morgan fingerprint density at radius 2 is 1.79 bits per heavy atom. The lowest BCUT2D eigenvalue weighted by Crippen LogP contribution is -2.40. The lowest BCUT2D eigenvalue weighted by atomic mass is 9.97. The van der Waals surface area contributed by atoms with Crippen LogP contribution >= 0.6 is 11.3 Å². The number of carbonyl (C=O) groups excluding carboxylic acids is 2. The van der Waals surface area contributed by atoms with E-state index in [1.165, 1.54) is 28.0 Å². The summed E-state index contributed by atoms with van der Waals surface area (Å²) in [6.07, 6.45) is 2.24. The van der Waals surface area contributed by atoms with E-state index in [1.807, 2.05) is 24.3 Å². The summed E-state index contributed by atoms with van der Waals surface area (Å²) in [4.78, 5) is 33.4. The van der Waals surface area contributed by atoms with Gasteiger partial charge in [-0.05, 0) is 69.0 Å². The van der Waals surface area contributed by atoms with E-state index in [0.29, 0.717) is 4.88 Å². The highest BCUT2D eigenvalue weighted by Gasteiger charge is 2.50. The Kier molecular flexibility index (Phi) is 8.09. The zero-order valence-electron chi connectivity index (χ0n) is 22.3. The Labute approximate surface area is 228 Å². The Morgan fingerprint density at radius 1 is 1.05 bits per heavy atom. The molecule has 1 saturated heterocycles. The van der Waals surface area contributed by atoms with E-state index >= 15 is 0 Å². The van der Waals surface area contributed by atoms with Crippen LogP contribution in [-0.2, 0) is 30.5 Å². The van der Waals surface area contributed by atoms with Crippen LogP contribution in [0.4, 0.5) is 0 Å². The van der Waals surface area contributed by atoms with Crippen molar-refractivity contribution in [2.24, 2.45) is 0 Å². The van der Waals surface area contributed by atoms with Gasteiger partial charge in [0.2, 0.25) is 0 Å². The van der Waals surface area contributed by atoms with Crippen LogP contribution in [0.25, 0.3) is 10.4 Å². The van der Waals surface area contributed by atoms with Crippen LogP contribution in [0.15, 0.2) is 60.8 Å². The molecule has 0 N–H and O–H groups in total.